The summed E-state index contributed by atoms with van der Waals surface area (Å²) in [5.41, 5.74) is 2.02. The van der Waals surface area contributed by atoms with Crippen LogP contribution in [0.2, 0.25) is 0 Å². The highest BCUT2D eigenvalue weighted by Gasteiger charge is 2.41. The lowest BCUT2D eigenvalue weighted by atomic mass is 9.96. The molecule has 2 heterocycles. The first-order chi connectivity index (χ1) is 13.7. The molecule has 3 aliphatic rings. The molecule has 0 unspecified atom stereocenters. The van der Waals surface area contributed by atoms with Crippen molar-refractivity contribution in [1.29, 1.82) is 0 Å². The fourth-order valence-corrected chi connectivity index (χ4v) is 4.58. The highest BCUT2D eigenvalue weighted by atomic mass is 16.5. The average molecular weight is 385 g/mol. The Morgan fingerprint density at radius 3 is 2.14 bits per heavy atom. The largest absolute Gasteiger partial charge is 0.381 e. The van der Waals surface area contributed by atoms with E-state index in [1.54, 1.807) is 0 Å². The average Bonchev–Trinajstić information content (AvgIpc) is 3.60. The zero-order valence-corrected chi connectivity index (χ0v) is 16.9. The number of hydrogen-bond acceptors (Lipinski definition) is 3. The minimum Gasteiger partial charge on any atom is -0.381 e. The van der Waals surface area contributed by atoms with Crippen LogP contribution in [0.25, 0.3) is 0 Å². The van der Waals surface area contributed by atoms with Crippen molar-refractivity contribution >= 4 is 11.8 Å². The molecule has 5 nitrogen and oxygen atoms in total. The molecule has 4 rings (SSSR count). The fourth-order valence-electron chi connectivity index (χ4n) is 4.58. The van der Waals surface area contributed by atoms with Gasteiger partial charge in [-0.15, -0.1) is 0 Å². The number of piperidine rings is 1. The third-order valence-corrected chi connectivity index (χ3v) is 6.52. The minimum absolute atomic E-state index is 0.118. The van der Waals surface area contributed by atoms with Crippen LogP contribution in [0.5, 0.6) is 0 Å². The molecule has 152 valence electrons. The maximum atomic E-state index is 13.0. The molecule has 1 aliphatic carbocycles. The summed E-state index contributed by atoms with van der Waals surface area (Å²) in [6, 6.07) is 8.55. The van der Waals surface area contributed by atoms with Gasteiger partial charge in [0.05, 0.1) is 0 Å². The lowest BCUT2D eigenvalue weighted by molar-refractivity contribution is -0.141. The third-order valence-electron chi connectivity index (χ3n) is 6.52. The summed E-state index contributed by atoms with van der Waals surface area (Å²) < 4.78 is 5.52. The molecule has 1 saturated carbocycles. The van der Waals surface area contributed by atoms with E-state index in [0.29, 0.717) is 11.9 Å². The standard InChI is InChI=1S/C23H32N2O3/c1-2-17-3-5-18(6-4-17)22(26)24-13-9-20(10-14-24)25(23(27)19-7-8-19)21-11-15-28-16-12-21/h3-6,19-21H,2,7-16H2,1H3. The van der Waals surface area contributed by atoms with Crippen LogP contribution >= 0.6 is 0 Å². The van der Waals surface area contributed by atoms with Crippen molar-refractivity contribution in [2.45, 2.75) is 64.0 Å². The Morgan fingerprint density at radius 1 is 0.964 bits per heavy atom. The minimum atomic E-state index is 0.118. The van der Waals surface area contributed by atoms with Crippen molar-refractivity contribution in [3.05, 3.63) is 35.4 Å². The van der Waals surface area contributed by atoms with Crippen molar-refractivity contribution in [2.24, 2.45) is 5.92 Å². The number of ether oxygens (including phenoxy) is 1. The predicted molar refractivity (Wildman–Crippen MR) is 108 cm³/mol. The van der Waals surface area contributed by atoms with E-state index in [1.165, 1.54) is 5.56 Å². The van der Waals surface area contributed by atoms with Crippen LogP contribution in [-0.4, -0.2) is 60.0 Å². The summed E-state index contributed by atoms with van der Waals surface area (Å²) in [6.07, 6.45) is 6.73. The van der Waals surface area contributed by atoms with Gasteiger partial charge in [0.2, 0.25) is 5.91 Å². The Hall–Kier alpha value is -1.88. The molecule has 2 amide bonds. The molecule has 0 atom stereocenters. The molecule has 1 aromatic rings. The summed E-state index contributed by atoms with van der Waals surface area (Å²) in [5.74, 6) is 0.721. The molecule has 3 fully saturated rings. The SMILES string of the molecule is CCc1ccc(C(=O)N2CCC(N(C(=O)C3CC3)C3CCOCC3)CC2)cc1. The van der Waals surface area contributed by atoms with Gasteiger partial charge in [0.25, 0.3) is 5.91 Å². The zero-order valence-electron chi connectivity index (χ0n) is 16.9. The number of rotatable bonds is 5. The summed E-state index contributed by atoms with van der Waals surface area (Å²) >= 11 is 0. The van der Waals surface area contributed by atoms with Gasteiger partial charge in [-0.3, -0.25) is 9.59 Å². The number of benzene rings is 1. The van der Waals surface area contributed by atoms with E-state index < -0.39 is 0 Å². The number of hydrogen-bond donors (Lipinski definition) is 0. The Kier molecular flexibility index (Phi) is 6.00. The molecule has 28 heavy (non-hydrogen) atoms. The maximum absolute atomic E-state index is 13.0. The van der Waals surface area contributed by atoms with E-state index in [0.717, 1.165) is 76.8 Å². The number of likely N-dealkylation sites (tertiary alicyclic amines) is 1. The molecule has 0 bridgehead atoms. The van der Waals surface area contributed by atoms with E-state index in [4.69, 9.17) is 4.74 Å². The molecule has 0 aromatic heterocycles. The van der Waals surface area contributed by atoms with Gasteiger partial charge in [-0.25, -0.2) is 0 Å². The first-order valence-electron chi connectivity index (χ1n) is 11.0. The molecule has 0 spiro atoms. The predicted octanol–water partition coefficient (Wildman–Crippen LogP) is 3.27. The van der Waals surface area contributed by atoms with Crippen molar-refractivity contribution < 1.29 is 14.3 Å². The van der Waals surface area contributed by atoms with Crippen LogP contribution in [0.15, 0.2) is 24.3 Å². The van der Waals surface area contributed by atoms with Gasteiger partial charge in [-0.1, -0.05) is 19.1 Å². The first kappa shape index (κ1) is 19.4. The molecule has 0 radical (unpaired) electrons. The molecule has 2 aliphatic heterocycles. The van der Waals surface area contributed by atoms with Crippen molar-refractivity contribution in [2.75, 3.05) is 26.3 Å². The topological polar surface area (TPSA) is 49.9 Å². The fraction of sp³-hybridized carbons (Fsp3) is 0.652. The van der Waals surface area contributed by atoms with Crippen LogP contribution in [0.4, 0.5) is 0 Å². The lowest BCUT2D eigenvalue weighted by Gasteiger charge is -2.44. The Bertz CT molecular complexity index is 684. The summed E-state index contributed by atoms with van der Waals surface area (Å²) in [6.45, 7) is 5.09. The molecular weight excluding hydrogens is 352 g/mol. The van der Waals surface area contributed by atoms with Gasteiger partial charge in [-0.05, 0) is 62.6 Å². The van der Waals surface area contributed by atoms with Gasteiger partial charge in [0.15, 0.2) is 0 Å². The third kappa shape index (κ3) is 4.24. The van der Waals surface area contributed by atoms with E-state index in [2.05, 4.69) is 11.8 Å². The molecular formula is C23H32N2O3. The van der Waals surface area contributed by atoms with Gasteiger partial charge < -0.3 is 14.5 Å². The Balaban J connectivity index is 1.39. The highest BCUT2D eigenvalue weighted by molar-refractivity contribution is 5.94. The van der Waals surface area contributed by atoms with Crippen molar-refractivity contribution in [3.63, 3.8) is 0 Å². The Labute approximate surface area is 168 Å². The van der Waals surface area contributed by atoms with Crippen molar-refractivity contribution in [1.82, 2.24) is 9.80 Å². The van der Waals surface area contributed by atoms with Crippen LogP contribution in [0, 0.1) is 5.92 Å². The monoisotopic (exact) mass is 384 g/mol. The first-order valence-corrected chi connectivity index (χ1v) is 11.0. The lowest BCUT2D eigenvalue weighted by Crippen LogP contribution is -2.54. The smallest absolute Gasteiger partial charge is 0.253 e. The van der Waals surface area contributed by atoms with E-state index >= 15 is 0 Å². The number of carbonyl (C=O) groups excluding carboxylic acids is 2. The summed E-state index contributed by atoms with van der Waals surface area (Å²) in [7, 11) is 0. The van der Waals surface area contributed by atoms with Crippen LogP contribution in [0.3, 0.4) is 0 Å². The quantitative estimate of drug-likeness (QED) is 0.783. The zero-order chi connectivity index (χ0) is 19.5. The van der Waals surface area contributed by atoms with Gasteiger partial charge >= 0.3 is 0 Å². The second kappa shape index (κ2) is 8.64. The van der Waals surface area contributed by atoms with E-state index in [-0.39, 0.29) is 17.9 Å². The molecule has 2 saturated heterocycles. The number of carbonyl (C=O) groups is 2. The highest BCUT2D eigenvalue weighted by Crippen LogP contribution is 2.35. The summed E-state index contributed by atoms with van der Waals surface area (Å²) in [5, 5.41) is 0. The van der Waals surface area contributed by atoms with Crippen molar-refractivity contribution in [3.8, 4) is 0 Å². The second-order valence-corrected chi connectivity index (χ2v) is 8.44. The molecule has 5 heteroatoms. The number of nitrogens with zero attached hydrogens (tertiary/aromatic N) is 2. The van der Waals surface area contributed by atoms with Crippen LogP contribution in [-0.2, 0) is 16.0 Å². The Morgan fingerprint density at radius 2 is 1.57 bits per heavy atom. The van der Waals surface area contributed by atoms with Crippen LogP contribution < -0.4 is 0 Å². The second-order valence-electron chi connectivity index (χ2n) is 8.44. The van der Waals surface area contributed by atoms with E-state index in [1.807, 2.05) is 29.2 Å². The maximum Gasteiger partial charge on any atom is 0.253 e. The van der Waals surface area contributed by atoms with E-state index in [9.17, 15) is 9.59 Å². The molecule has 1 aromatic carbocycles. The summed E-state index contributed by atoms with van der Waals surface area (Å²) in [4.78, 5) is 30.0. The van der Waals surface area contributed by atoms with Gasteiger partial charge in [0, 0.05) is 49.9 Å². The normalized spacial score (nSPS) is 21.5. The number of aryl methyl sites for hydroxylation is 1. The molecule has 0 N–H and O–H groups in total. The van der Waals surface area contributed by atoms with Gasteiger partial charge in [-0.2, -0.15) is 0 Å². The van der Waals surface area contributed by atoms with Crippen LogP contribution in [0.1, 0.15) is 61.4 Å². The van der Waals surface area contributed by atoms with Gasteiger partial charge in [0.1, 0.15) is 0 Å². The number of amides is 2.